The smallest absolute Gasteiger partial charge is 0.133 e. The lowest BCUT2D eigenvalue weighted by atomic mass is 9.73. The summed E-state index contributed by atoms with van der Waals surface area (Å²) >= 11 is 0. The number of halogens is 2. The average molecular weight is 300 g/mol. The number of benzene rings is 2. The number of fused-ring (bicyclic) bond motifs is 1. The molecule has 0 fully saturated rings. The Morgan fingerprint density at radius 2 is 1.82 bits per heavy atom. The number of hydrogen-bond acceptors (Lipinski definition) is 1. The van der Waals surface area contributed by atoms with Gasteiger partial charge >= 0.3 is 0 Å². The Labute approximate surface area is 128 Å². The van der Waals surface area contributed by atoms with Gasteiger partial charge in [-0.15, -0.1) is 0 Å². The standard InChI is InChI=1S/C19H18F2O/c1-19(2,22)17-10-13-6-4-3-5-12(13)9-16(17)15-8-7-14(20)11-18(15)21/h3-9,11,17,22H,10H2,1-2H3. The first-order valence-electron chi connectivity index (χ1n) is 7.33. The summed E-state index contributed by atoms with van der Waals surface area (Å²) < 4.78 is 27.4. The zero-order valence-electron chi connectivity index (χ0n) is 12.6. The van der Waals surface area contributed by atoms with Gasteiger partial charge in [-0.2, -0.15) is 0 Å². The zero-order valence-corrected chi connectivity index (χ0v) is 12.6. The zero-order chi connectivity index (χ0) is 15.9. The predicted molar refractivity (Wildman–Crippen MR) is 84.2 cm³/mol. The molecule has 1 atom stereocenters. The normalized spacial score (nSPS) is 17.9. The summed E-state index contributed by atoms with van der Waals surface area (Å²) in [6.45, 7) is 3.45. The first-order valence-corrected chi connectivity index (χ1v) is 7.33. The molecule has 1 aliphatic rings. The topological polar surface area (TPSA) is 20.2 Å². The van der Waals surface area contributed by atoms with Crippen LogP contribution < -0.4 is 0 Å². The molecule has 0 amide bonds. The molecular weight excluding hydrogens is 282 g/mol. The van der Waals surface area contributed by atoms with Crippen LogP contribution in [-0.4, -0.2) is 10.7 Å². The van der Waals surface area contributed by atoms with Crippen LogP contribution in [0.15, 0.2) is 42.5 Å². The van der Waals surface area contributed by atoms with Crippen molar-refractivity contribution in [1.29, 1.82) is 0 Å². The second-order valence-electron chi connectivity index (χ2n) is 6.33. The maximum atomic E-state index is 14.2. The molecule has 0 aliphatic heterocycles. The molecule has 0 spiro atoms. The quantitative estimate of drug-likeness (QED) is 0.869. The van der Waals surface area contributed by atoms with E-state index < -0.39 is 17.2 Å². The third kappa shape index (κ3) is 2.69. The maximum absolute atomic E-state index is 14.2. The van der Waals surface area contributed by atoms with Crippen LogP contribution in [0.25, 0.3) is 11.6 Å². The van der Waals surface area contributed by atoms with Crippen molar-refractivity contribution in [2.45, 2.75) is 25.9 Å². The number of aliphatic hydroxyl groups is 1. The molecular formula is C19H18F2O. The van der Waals surface area contributed by atoms with Crippen molar-refractivity contribution in [1.82, 2.24) is 0 Å². The van der Waals surface area contributed by atoms with Gasteiger partial charge in [0.25, 0.3) is 0 Å². The predicted octanol–water partition coefficient (Wildman–Crippen LogP) is 4.45. The molecule has 0 radical (unpaired) electrons. The van der Waals surface area contributed by atoms with Crippen LogP contribution >= 0.6 is 0 Å². The van der Waals surface area contributed by atoms with Crippen molar-refractivity contribution < 1.29 is 13.9 Å². The lowest BCUT2D eigenvalue weighted by Crippen LogP contribution is -2.35. The minimum atomic E-state index is -1.000. The van der Waals surface area contributed by atoms with E-state index in [2.05, 4.69) is 0 Å². The fourth-order valence-corrected chi connectivity index (χ4v) is 3.08. The summed E-state index contributed by atoms with van der Waals surface area (Å²) in [6, 6.07) is 11.5. The third-order valence-electron chi connectivity index (χ3n) is 4.26. The summed E-state index contributed by atoms with van der Waals surface area (Å²) in [5, 5.41) is 10.5. The molecule has 1 nitrogen and oxygen atoms in total. The van der Waals surface area contributed by atoms with Gasteiger partial charge in [-0.25, -0.2) is 8.78 Å². The number of rotatable bonds is 2. The minimum Gasteiger partial charge on any atom is -0.390 e. The van der Waals surface area contributed by atoms with Gasteiger partial charge in [-0.05, 0) is 49.1 Å². The molecule has 3 heteroatoms. The summed E-state index contributed by atoms with van der Waals surface area (Å²) in [5.74, 6) is -1.44. The van der Waals surface area contributed by atoms with Crippen LogP contribution in [0.4, 0.5) is 8.78 Å². The van der Waals surface area contributed by atoms with E-state index in [0.29, 0.717) is 17.6 Å². The van der Waals surface area contributed by atoms with E-state index in [9.17, 15) is 13.9 Å². The van der Waals surface area contributed by atoms with E-state index in [1.807, 2.05) is 30.3 Å². The molecule has 0 aromatic heterocycles. The highest BCUT2D eigenvalue weighted by atomic mass is 19.1. The van der Waals surface area contributed by atoms with E-state index in [1.54, 1.807) is 13.8 Å². The van der Waals surface area contributed by atoms with Crippen molar-refractivity contribution in [2.24, 2.45) is 5.92 Å². The van der Waals surface area contributed by atoms with Gasteiger partial charge in [0.15, 0.2) is 0 Å². The van der Waals surface area contributed by atoms with Crippen molar-refractivity contribution in [3.05, 3.63) is 70.8 Å². The molecule has 1 aliphatic carbocycles. The lowest BCUT2D eigenvalue weighted by Gasteiger charge is -2.35. The maximum Gasteiger partial charge on any atom is 0.133 e. The van der Waals surface area contributed by atoms with E-state index in [-0.39, 0.29) is 5.92 Å². The average Bonchev–Trinajstić information content (AvgIpc) is 2.45. The molecule has 2 aromatic carbocycles. The van der Waals surface area contributed by atoms with E-state index in [4.69, 9.17) is 0 Å². The van der Waals surface area contributed by atoms with Gasteiger partial charge in [-0.1, -0.05) is 30.3 Å². The third-order valence-corrected chi connectivity index (χ3v) is 4.26. The molecule has 22 heavy (non-hydrogen) atoms. The largest absolute Gasteiger partial charge is 0.390 e. The van der Waals surface area contributed by atoms with Crippen LogP contribution in [0.1, 0.15) is 30.5 Å². The lowest BCUT2D eigenvalue weighted by molar-refractivity contribution is 0.0408. The Balaban J connectivity index is 2.18. The molecule has 0 saturated heterocycles. The van der Waals surface area contributed by atoms with Crippen LogP contribution in [0.2, 0.25) is 0 Å². The van der Waals surface area contributed by atoms with Crippen LogP contribution in [0, 0.1) is 17.6 Å². The fraction of sp³-hybridized carbons (Fsp3) is 0.263. The highest BCUT2D eigenvalue weighted by Gasteiger charge is 2.34. The first-order chi connectivity index (χ1) is 10.4. The monoisotopic (exact) mass is 300 g/mol. The van der Waals surface area contributed by atoms with E-state index in [0.717, 1.165) is 17.2 Å². The van der Waals surface area contributed by atoms with Crippen molar-refractivity contribution in [3.63, 3.8) is 0 Å². The van der Waals surface area contributed by atoms with Crippen LogP contribution in [0.3, 0.4) is 0 Å². The van der Waals surface area contributed by atoms with Gasteiger partial charge in [0.1, 0.15) is 11.6 Å². The van der Waals surface area contributed by atoms with Crippen molar-refractivity contribution >= 4 is 11.6 Å². The van der Waals surface area contributed by atoms with Crippen LogP contribution in [-0.2, 0) is 6.42 Å². The van der Waals surface area contributed by atoms with E-state index in [1.165, 1.54) is 12.1 Å². The second-order valence-corrected chi connectivity index (χ2v) is 6.33. The number of hydrogen-bond donors (Lipinski definition) is 1. The SMILES string of the molecule is CC(C)(O)C1Cc2ccccc2C=C1c1ccc(F)cc1F. The summed E-state index contributed by atoms with van der Waals surface area (Å²) in [7, 11) is 0. The van der Waals surface area contributed by atoms with Gasteiger partial charge in [-0.3, -0.25) is 0 Å². The molecule has 0 bridgehead atoms. The summed E-state index contributed by atoms with van der Waals surface area (Å²) in [6.07, 6.45) is 2.53. The summed E-state index contributed by atoms with van der Waals surface area (Å²) in [5.41, 5.74) is 2.20. The fourth-order valence-electron chi connectivity index (χ4n) is 3.08. The van der Waals surface area contributed by atoms with Crippen molar-refractivity contribution in [2.75, 3.05) is 0 Å². The van der Waals surface area contributed by atoms with E-state index >= 15 is 0 Å². The molecule has 1 N–H and O–H groups in total. The Morgan fingerprint density at radius 1 is 1.09 bits per heavy atom. The highest BCUT2D eigenvalue weighted by molar-refractivity contribution is 5.86. The molecule has 0 saturated carbocycles. The molecule has 0 heterocycles. The molecule has 2 aromatic rings. The van der Waals surface area contributed by atoms with Gasteiger partial charge < -0.3 is 5.11 Å². The second kappa shape index (κ2) is 5.33. The van der Waals surface area contributed by atoms with Gasteiger partial charge in [0.2, 0.25) is 0 Å². The van der Waals surface area contributed by atoms with Gasteiger partial charge in [0, 0.05) is 17.5 Å². The molecule has 3 rings (SSSR count). The Kier molecular flexibility index (Phi) is 3.61. The Hall–Kier alpha value is -2.00. The first kappa shape index (κ1) is 14.9. The molecule has 114 valence electrons. The Morgan fingerprint density at radius 3 is 2.50 bits per heavy atom. The van der Waals surface area contributed by atoms with Gasteiger partial charge in [0.05, 0.1) is 5.60 Å². The molecule has 1 unspecified atom stereocenters. The minimum absolute atomic E-state index is 0.248. The summed E-state index contributed by atoms with van der Waals surface area (Å²) in [4.78, 5) is 0. The van der Waals surface area contributed by atoms with Crippen LogP contribution in [0.5, 0.6) is 0 Å². The highest BCUT2D eigenvalue weighted by Crippen LogP contribution is 2.41. The van der Waals surface area contributed by atoms with Crippen molar-refractivity contribution in [3.8, 4) is 0 Å². The Bertz CT molecular complexity index is 741.